The van der Waals surface area contributed by atoms with Crippen molar-refractivity contribution in [1.29, 1.82) is 0 Å². The largest absolute Gasteiger partial charge is 0.489 e. The molecule has 0 radical (unpaired) electrons. The fourth-order valence-corrected chi connectivity index (χ4v) is 3.17. The monoisotopic (exact) mass is 324 g/mol. The van der Waals surface area contributed by atoms with Crippen LogP contribution in [-0.2, 0) is 13.0 Å². The predicted molar refractivity (Wildman–Crippen MR) is 99.5 cm³/mol. The quantitative estimate of drug-likeness (QED) is 0.752. The van der Waals surface area contributed by atoms with Gasteiger partial charge in [-0.3, -0.25) is 0 Å². The molecule has 0 bridgehead atoms. The lowest BCUT2D eigenvalue weighted by Gasteiger charge is -2.27. The zero-order valence-electron chi connectivity index (χ0n) is 14.4. The summed E-state index contributed by atoms with van der Waals surface area (Å²) in [6, 6.07) is 18.8. The molecule has 2 aromatic carbocycles. The number of nitrogens with one attached hydrogen (secondary N) is 1. The number of hydrogen-bond donors (Lipinski definition) is 1. The Morgan fingerprint density at radius 1 is 0.875 bits per heavy atom. The Morgan fingerprint density at radius 3 is 2.46 bits per heavy atom. The first-order valence-electron chi connectivity index (χ1n) is 9.09. The molecule has 3 nitrogen and oxygen atoms in total. The lowest BCUT2D eigenvalue weighted by molar-refractivity contribution is 0.236. The molecule has 0 atom stereocenters. The Bertz CT molecular complexity index is 594. The molecule has 1 aliphatic heterocycles. The SMILES string of the molecule is c1ccc(COc2ccccc2CCCCN2CCNCC2)cc1. The number of para-hydroxylation sites is 1. The van der Waals surface area contributed by atoms with Gasteiger partial charge in [0.1, 0.15) is 12.4 Å². The Balaban J connectivity index is 1.45. The minimum absolute atomic E-state index is 0.638. The molecule has 0 unspecified atom stereocenters. The number of benzene rings is 2. The molecule has 1 heterocycles. The van der Waals surface area contributed by atoms with Crippen LogP contribution in [0, 0.1) is 0 Å². The first-order valence-corrected chi connectivity index (χ1v) is 9.09. The first kappa shape index (κ1) is 17.0. The van der Waals surface area contributed by atoms with Gasteiger partial charge in [0.05, 0.1) is 0 Å². The number of hydrogen-bond acceptors (Lipinski definition) is 3. The van der Waals surface area contributed by atoms with Crippen LogP contribution >= 0.6 is 0 Å². The van der Waals surface area contributed by atoms with Crippen molar-refractivity contribution < 1.29 is 4.74 Å². The van der Waals surface area contributed by atoms with Crippen LogP contribution in [0.2, 0.25) is 0 Å². The fourth-order valence-electron chi connectivity index (χ4n) is 3.17. The van der Waals surface area contributed by atoms with Crippen LogP contribution in [0.15, 0.2) is 54.6 Å². The second kappa shape index (κ2) is 9.45. The van der Waals surface area contributed by atoms with Gasteiger partial charge in [0.25, 0.3) is 0 Å². The molecule has 0 spiro atoms. The van der Waals surface area contributed by atoms with E-state index in [-0.39, 0.29) is 0 Å². The van der Waals surface area contributed by atoms with Gasteiger partial charge >= 0.3 is 0 Å². The molecule has 24 heavy (non-hydrogen) atoms. The summed E-state index contributed by atoms with van der Waals surface area (Å²) in [6.45, 7) is 6.51. The fraction of sp³-hybridized carbons (Fsp3) is 0.429. The van der Waals surface area contributed by atoms with Gasteiger partial charge in [0.15, 0.2) is 0 Å². The molecule has 2 aromatic rings. The summed E-state index contributed by atoms with van der Waals surface area (Å²) in [5.74, 6) is 1.03. The average Bonchev–Trinajstić information content (AvgIpc) is 2.66. The highest BCUT2D eigenvalue weighted by Gasteiger charge is 2.09. The molecule has 3 rings (SSSR count). The third kappa shape index (κ3) is 5.36. The van der Waals surface area contributed by atoms with E-state index in [1.165, 1.54) is 43.6 Å². The van der Waals surface area contributed by atoms with E-state index in [1.54, 1.807) is 0 Å². The van der Waals surface area contributed by atoms with Crippen molar-refractivity contribution in [2.75, 3.05) is 32.7 Å². The topological polar surface area (TPSA) is 24.5 Å². The number of unbranched alkanes of at least 4 members (excludes halogenated alkanes) is 1. The third-order valence-electron chi connectivity index (χ3n) is 4.59. The zero-order chi connectivity index (χ0) is 16.5. The van der Waals surface area contributed by atoms with Gasteiger partial charge in [-0.15, -0.1) is 0 Å². The maximum absolute atomic E-state index is 6.05. The molecule has 0 aromatic heterocycles. The maximum atomic E-state index is 6.05. The van der Waals surface area contributed by atoms with Gasteiger partial charge in [-0.2, -0.15) is 0 Å². The van der Waals surface area contributed by atoms with Crippen LogP contribution in [-0.4, -0.2) is 37.6 Å². The van der Waals surface area contributed by atoms with E-state index in [1.807, 2.05) is 6.07 Å². The lowest BCUT2D eigenvalue weighted by Crippen LogP contribution is -2.43. The molecular formula is C21H28N2O. The van der Waals surface area contributed by atoms with E-state index in [2.05, 4.69) is 58.7 Å². The van der Waals surface area contributed by atoms with E-state index >= 15 is 0 Å². The van der Waals surface area contributed by atoms with E-state index < -0.39 is 0 Å². The molecule has 0 amide bonds. The van der Waals surface area contributed by atoms with Crippen molar-refractivity contribution in [3.8, 4) is 5.75 Å². The zero-order valence-corrected chi connectivity index (χ0v) is 14.4. The standard InChI is InChI=1S/C21H28N2O/c1-2-8-19(9-3-1)18-24-21-12-5-4-10-20(21)11-6-7-15-23-16-13-22-14-17-23/h1-5,8-10,12,22H,6-7,11,13-18H2. The number of rotatable bonds is 8. The highest BCUT2D eigenvalue weighted by Crippen LogP contribution is 2.21. The highest BCUT2D eigenvalue weighted by atomic mass is 16.5. The van der Waals surface area contributed by atoms with Crippen molar-refractivity contribution in [1.82, 2.24) is 10.2 Å². The molecule has 1 fully saturated rings. The summed E-state index contributed by atoms with van der Waals surface area (Å²) >= 11 is 0. The van der Waals surface area contributed by atoms with Crippen LogP contribution in [0.1, 0.15) is 24.0 Å². The predicted octanol–water partition coefficient (Wildman–Crippen LogP) is 3.49. The number of piperazine rings is 1. The second-order valence-corrected chi connectivity index (χ2v) is 6.43. The molecule has 0 saturated carbocycles. The summed E-state index contributed by atoms with van der Waals surface area (Å²) in [7, 11) is 0. The van der Waals surface area contributed by atoms with Crippen molar-refractivity contribution in [3.05, 3.63) is 65.7 Å². The van der Waals surface area contributed by atoms with Crippen LogP contribution in [0.4, 0.5) is 0 Å². The molecule has 1 N–H and O–H groups in total. The van der Waals surface area contributed by atoms with Gasteiger partial charge in [-0.25, -0.2) is 0 Å². The minimum atomic E-state index is 0.638. The van der Waals surface area contributed by atoms with Crippen molar-refractivity contribution in [2.24, 2.45) is 0 Å². The van der Waals surface area contributed by atoms with Crippen molar-refractivity contribution >= 4 is 0 Å². The summed E-state index contributed by atoms with van der Waals surface area (Å²) in [5.41, 5.74) is 2.54. The van der Waals surface area contributed by atoms with Crippen LogP contribution in [0.25, 0.3) is 0 Å². The van der Waals surface area contributed by atoms with Gasteiger partial charge in [0.2, 0.25) is 0 Å². The maximum Gasteiger partial charge on any atom is 0.122 e. The van der Waals surface area contributed by atoms with E-state index in [0.29, 0.717) is 6.61 Å². The Hall–Kier alpha value is -1.84. The van der Waals surface area contributed by atoms with Crippen LogP contribution in [0.3, 0.4) is 0 Å². The average molecular weight is 324 g/mol. The summed E-state index contributed by atoms with van der Waals surface area (Å²) < 4.78 is 6.05. The Morgan fingerprint density at radius 2 is 1.62 bits per heavy atom. The second-order valence-electron chi connectivity index (χ2n) is 6.43. The summed E-state index contributed by atoms with van der Waals surface area (Å²) in [6.07, 6.45) is 3.57. The van der Waals surface area contributed by atoms with Crippen molar-refractivity contribution in [2.45, 2.75) is 25.9 Å². The lowest BCUT2D eigenvalue weighted by atomic mass is 10.1. The van der Waals surface area contributed by atoms with Gasteiger partial charge < -0.3 is 15.0 Å². The Labute approximate surface area is 145 Å². The molecule has 3 heteroatoms. The first-order chi connectivity index (χ1) is 11.9. The van der Waals surface area contributed by atoms with E-state index in [4.69, 9.17) is 4.74 Å². The van der Waals surface area contributed by atoms with Crippen LogP contribution < -0.4 is 10.1 Å². The van der Waals surface area contributed by atoms with Gasteiger partial charge in [-0.1, -0.05) is 48.5 Å². The number of nitrogens with zero attached hydrogens (tertiary/aromatic N) is 1. The number of ether oxygens (including phenoxy) is 1. The summed E-state index contributed by atoms with van der Waals surface area (Å²) in [5, 5.41) is 3.41. The highest BCUT2D eigenvalue weighted by molar-refractivity contribution is 5.33. The number of aryl methyl sites for hydroxylation is 1. The Kier molecular flexibility index (Phi) is 6.70. The van der Waals surface area contributed by atoms with E-state index in [9.17, 15) is 0 Å². The molecule has 1 saturated heterocycles. The molecular weight excluding hydrogens is 296 g/mol. The minimum Gasteiger partial charge on any atom is -0.489 e. The van der Waals surface area contributed by atoms with Gasteiger partial charge in [0, 0.05) is 26.2 Å². The van der Waals surface area contributed by atoms with Gasteiger partial charge in [-0.05, 0) is 43.0 Å². The molecule has 128 valence electrons. The smallest absolute Gasteiger partial charge is 0.122 e. The van der Waals surface area contributed by atoms with Crippen molar-refractivity contribution in [3.63, 3.8) is 0 Å². The summed E-state index contributed by atoms with van der Waals surface area (Å²) in [4.78, 5) is 2.56. The third-order valence-corrected chi connectivity index (χ3v) is 4.59. The normalized spacial score (nSPS) is 15.3. The van der Waals surface area contributed by atoms with E-state index in [0.717, 1.165) is 25.3 Å². The molecule has 1 aliphatic rings. The van der Waals surface area contributed by atoms with Crippen LogP contribution in [0.5, 0.6) is 5.75 Å². The molecule has 0 aliphatic carbocycles.